The third-order valence-corrected chi connectivity index (χ3v) is 2.44. The molecule has 0 fully saturated rings. The van der Waals surface area contributed by atoms with Crippen LogP contribution in [0.5, 0.6) is 0 Å². The van der Waals surface area contributed by atoms with E-state index in [1.54, 1.807) is 0 Å². The summed E-state index contributed by atoms with van der Waals surface area (Å²) in [5.41, 5.74) is 0. The standard InChI is InChI=1S/C12H24O4S/c1-11(17)4-2-3-5-12(14)10-16-9-8-15-7-6-13/h12-14H,2-10H2,1H3. The third kappa shape index (κ3) is 13.9. The SMILES string of the molecule is CC(=S)CCCCC(O)COCCOCCO. The Kier molecular flexibility index (Phi) is 12.3. The summed E-state index contributed by atoms with van der Waals surface area (Å²) in [6.45, 7) is 3.57. The molecule has 0 heterocycles. The zero-order chi connectivity index (χ0) is 12.9. The van der Waals surface area contributed by atoms with Gasteiger partial charge in [-0.05, 0) is 31.1 Å². The first-order valence-electron chi connectivity index (χ1n) is 6.10. The molecule has 0 aromatic carbocycles. The van der Waals surface area contributed by atoms with E-state index in [4.69, 9.17) is 26.8 Å². The van der Waals surface area contributed by atoms with Crippen LogP contribution in [0.1, 0.15) is 32.6 Å². The molecule has 0 radical (unpaired) electrons. The fraction of sp³-hybridized carbons (Fsp3) is 0.917. The van der Waals surface area contributed by atoms with Crippen LogP contribution in [0.15, 0.2) is 0 Å². The van der Waals surface area contributed by atoms with Crippen molar-refractivity contribution in [3.8, 4) is 0 Å². The van der Waals surface area contributed by atoms with Crippen LogP contribution in [0.3, 0.4) is 0 Å². The second-order valence-electron chi connectivity index (χ2n) is 4.01. The number of aliphatic hydroxyl groups is 2. The molecule has 0 bridgehead atoms. The molecule has 0 amide bonds. The normalized spacial score (nSPS) is 12.6. The number of ether oxygens (including phenoxy) is 2. The summed E-state index contributed by atoms with van der Waals surface area (Å²) in [6.07, 6.45) is 3.31. The summed E-state index contributed by atoms with van der Waals surface area (Å²) in [6, 6.07) is 0. The van der Waals surface area contributed by atoms with Gasteiger partial charge in [0.25, 0.3) is 0 Å². The highest BCUT2D eigenvalue weighted by Gasteiger charge is 2.03. The molecule has 1 unspecified atom stereocenters. The summed E-state index contributed by atoms with van der Waals surface area (Å²) >= 11 is 4.98. The van der Waals surface area contributed by atoms with Gasteiger partial charge in [-0.3, -0.25) is 0 Å². The van der Waals surface area contributed by atoms with Crippen LogP contribution in [0.4, 0.5) is 0 Å². The molecule has 1 atom stereocenters. The molecule has 0 aliphatic rings. The van der Waals surface area contributed by atoms with Gasteiger partial charge in [0.2, 0.25) is 0 Å². The molecule has 102 valence electrons. The maximum atomic E-state index is 9.58. The van der Waals surface area contributed by atoms with Gasteiger partial charge >= 0.3 is 0 Å². The highest BCUT2D eigenvalue weighted by atomic mass is 32.1. The Morgan fingerprint density at radius 1 is 1.18 bits per heavy atom. The van der Waals surface area contributed by atoms with Gasteiger partial charge in [0.05, 0.1) is 39.1 Å². The minimum atomic E-state index is -0.404. The second-order valence-corrected chi connectivity index (χ2v) is 4.71. The first-order chi connectivity index (χ1) is 8.16. The van der Waals surface area contributed by atoms with Crippen molar-refractivity contribution in [2.24, 2.45) is 0 Å². The molecular weight excluding hydrogens is 240 g/mol. The highest BCUT2D eigenvalue weighted by molar-refractivity contribution is 7.80. The predicted molar refractivity (Wildman–Crippen MR) is 71.5 cm³/mol. The van der Waals surface area contributed by atoms with E-state index in [0.29, 0.717) is 26.4 Å². The molecule has 17 heavy (non-hydrogen) atoms. The van der Waals surface area contributed by atoms with Crippen molar-refractivity contribution in [2.45, 2.75) is 38.7 Å². The summed E-state index contributed by atoms with van der Waals surface area (Å²) in [5.74, 6) is 0. The zero-order valence-electron chi connectivity index (χ0n) is 10.6. The molecule has 2 N–H and O–H groups in total. The summed E-state index contributed by atoms with van der Waals surface area (Å²) < 4.78 is 10.3. The Balaban J connectivity index is 3.17. The fourth-order valence-electron chi connectivity index (χ4n) is 1.34. The lowest BCUT2D eigenvalue weighted by Crippen LogP contribution is -2.17. The zero-order valence-corrected chi connectivity index (χ0v) is 11.4. The minimum absolute atomic E-state index is 0.0297. The van der Waals surface area contributed by atoms with E-state index in [9.17, 15) is 5.11 Å². The Hall–Kier alpha value is -0.0700. The van der Waals surface area contributed by atoms with Gasteiger partial charge in [-0.2, -0.15) is 0 Å². The van der Waals surface area contributed by atoms with E-state index in [-0.39, 0.29) is 6.61 Å². The second kappa shape index (κ2) is 12.4. The van der Waals surface area contributed by atoms with Crippen molar-refractivity contribution < 1.29 is 19.7 Å². The van der Waals surface area contributed by atoms with Crippen LogP contribution in [0.25, 0.3) is 0 Å². The van der Waals surface area contributed by atoms with Crippen LogP contribution in [0, 0.1) is 0 Å². The summed E-state index contributed by atoms with van der Waals surface area (Å²) in [7, 11) is 0. The lowest BCUT2D eigenvalue weighted by atomic mass is 10.1. The highest BCUT2D eigenvalue weighted by Crippen LogP contribution is 2.05. The van der Waals surface area contributed by atoms with Crippen molar-refractivity contribution in [3.63, 3.8) is 0 Å². The van der Waals surface area contributed by atoms with E-state index >= 15 is 0 Å². The average molecular weight is 264 g/mol. The van der Waals surface area contributed by atoms with Crippen LogP contribution >= 0.6 is 12.2 Å². The molecular formula is C12H24O4S. The lowest BCUT2D eigenvalue weighted by molar-refractivity contribution is -0.00458. The lowest BCUT2D eigenvalue weighted by Gasteiger charge is -2.11. The smallest absolute Gasteiger partial charge is 0.0773 e. The predicted octanol–water partition coefficient (Wildman–Crippen LogP) is 1.32. The molecule has 0 aromatic heterocycles. The quantitative estimate of drug-likeness (QED) is 0.411. The van der Waals surface area contributed by atoms with Gasteiger partial charge < -0.3 is 19.7 Å². The Morgan fingerprint density at radius 3 is 2.53 bits per heavy atom. The van der Waals surface area contributed by atoms with E-state index in [0.717, 1.165) is 30.5 Å². The van der Waals surface area contributed by atoms with Gasteiger partial charge in [0.1, 0.15) is 0 Å². The Bertz CT molecular complexity index is 187. The summed E-state index contributed by atoms with van der Waals surface area (Å²) in [5, 5.41) is 18.0. The van der Waals surface area contributed by atoms with Crippen LogP contribution in [-0.2, 0) is 9.47 Å². The van der Waals surface area contributed by atoms with E-state index in [1.807, 2.05) is 6.92 Å². The van der Waals surface area contributed by atoms with Gasteiger partial charge in [0, 0.05) is 0 Å². The molecule has 0 saturated carbocycles. The van der Waals surface area contributed by atoms with E-state index in [1.165, 1.54) is 0 Å². The Labute approximate surface area is 109 Å². The molecule has 0 aromatic rings. The van der Waals surface area contributed by atoms with Crippen molar-refractivity contribution in [2.75, 3.05) is 33.0 Å². The maximum absolute atomic E-state index is 9.58. The van der Waals surface area contributed by atoms with Gasteiger partial charge in [-0.15, -0.1) is 0 Å². The van der Waals surface area contributed by atoms with Crippen molar-refractivity contribution in [1.29, 1.82) is 0 Å². The van der Waals surface area contributed by atoms with Crippen LogP contribution < -0.4 is 0 Å². The van der Waals surface area contributed by atoms with Crippen LogP contribution in [0.2, 0.25) is 0 Å². The molecule has 0 aliphatic carbocycles. The molecule has 0 aliphatic heterocycles. The number of rotatable bonds is 12. The topological polar surface area (TPSA) is 58.9 Å². The number of thiocarbonyl (C=S) groups is 1. The number of hydrogen-bond acceptors (Lipinski definition) is 5. The van der Waals surface area contributed by atoms with Crippen molar-refractivity contribution in [3.05, 3.63) is 0 Å². The van der Waals surface area contributed by atoms with Crippen molar-refractivity contribution in [1.82, 2.24) is 0 Å². The minimum Gasteiger partial charge on any atom is -0.394 e. The number of unbranched alkanes of at least 4 members (excludes halogenated alkanes) is 1. The molecule has 0 rings (SSSR count). The van der Waals surface area contributed by atoms with Gasteiger partial charge in [0.15, 0.2) is 0 Å². The summed E-state index contributed by atoms with van der Waals surface area (Å²) in [4.78, 5) is 1.02. The van der Waals surface area contributed by atoms with Crippen LogP contribution in [-0.4, -0.2) is 54.2 Å². The largest absolute Gasteiger partial charge is 0.394 e. The van der Waals surface area contributed by atoms with E-state index < -0.39 is 6.10 Å². The average Bonchev–Trinajstić information content (AvgIpc) is 2.29. The Morgan fingerprint density at radius 2 is 1.88 bits per heavy atom. The van der Waals surface area contributed by atoms with E-state index in [2.05, 4.69) is 0 Å². The number of hydrogen-bond donors (Lipinski definition) is 2. The fourth-order valence-corrected chi connectivity index (χ4v) is 1.49. The molecule has 4 nitrogen and oxygen atoms in total. The molecule has 5 heteroatoms. The van der Waals surface area contributed by atoms with Gasteiger partial charge in [-0.25, -0.2) is 0 Å². The van der Waals surface area contributed by atoms with Gasteiger partial charge in [-0.1, -0.05) is 18.6 Å². The molecule has 0 saturated heterocycles. The first-order valence-corrected chi connectivity index (χ1v) is 6.51. The third-order valence-electron chi connectivity index (χ3n) is 2.23. The molecule has 0 spiro atoms. The first kappa shape index (κ1) is 16.9. The monoisotopic (exact) mass is 264 g/mol. The van der Waals surface area contributed by atoms with Crippen molar-refractivity contribution >= 4 is 17.1 Å². The number of aliphatic hydroxyl groups excluding tert-OH is 2. The maximum Gasteiger partial charge on any atom is 0.0773 e.